The quantitative estimate of drug-likeness (QED) is 0.678. The lowest BCUT2D eigenvalue weighted by molar-refractivity contribution is 0.349. The molecule has 0 amide bonds. The molecule has 1 nitrogen and oxygen atoms in total. The van der Waals surface area contributed by atoms with Gasteiger partial charge in [0.2, 0.25) is 0 Å². The molecule has 1 atom stereocenters. The predicted molar refractivity (Wildman–Crippen MR) is 90.9 cm³/mol. The van der Waals surface area contributed by atoms with Crippen LogP contribution in [0.1, 0.15) is 45.6 Å². The van der Waals surface area contributed by atoms with Crippen molar-refractivity contribution in [2.75, 3.05) is 7.11 Å². The third-order valence-electron chi connectivity index (χ3n) is 3.80. The van der Waals surface area contributed by atoms with Gasteiger partial charge in [-0.1, -0.05) is 64.1 Å². The van der Waals surface area contributed by atoms with E-state index in [0.717, 1.165) is 5.75 Å². The molecule has 2 aromatic carbocycles. The van der Waals surface area contributed by atoms with E-state index >= 15 is 0 Å². The van der Waals surface area contributed by atoms with Crippen molar-refractivity contribution in [3.63, 3.8) is 0 Å². The lowest BCUT2D eigenvalue weighted by Gasteiger charge is -2.23. The smallest absolute Gasteiger partial charge is 0.119 e. The molecule has 0 spiro atoms. The van der Waals surface area contributed by atoms with Crippen LogP contribution in [0.2, 0.25) is 0 Å². The van der Waals surface area contributed by atoms with Crippen LogP contribution in [0.4, 0.5) is 0 Å². The average Bonchev–Trinajstić information content (AvgIpc) is 2.46. The standard InChI is InChI=1S/C20H26O/c1-15(14-20(2,3)4)16-9-11-17(12-10-16)18-7-6-8-19(13-18)21-5/h6-13,15H,14H2,1-5H3. The first-order valence-corrected chi connectivity index (χ1v) is 7.63. The maximum Gasteiger partial charge on any atom is 0.119 e. The summed E-state index contributed by atoms with van der Waals surface area (Å²) in [5.41, 5.74) is 4.21. The molecule has 0 saturated carbocycles. The average molecular weight is 282 g/mol. The Kier molecular flexibility index (Phi) is 4.72. The fraction of sp³-hybridized carbons (Fsp3) is 0.400. The Labute approximate surface area is 129 Å². The molecular weight excluding hydrogens is 256 g/mol. The Bertz CT molecular complexity index is 576. The lowest BCUT2D eigenvalue weighted by atomic mass is 9.82. The molecule has 112 valence electrons. The highest BCUT2D eigenvalue weighted by Gasteiger charge is 2.16. The van der Waals surface area contributed by atoms with Gasteiger partial charge in [-0.05, 0) is 46.6 Å². The van der Waals surface area contributed by atoms with Crippen molar-refractivity contribution in [1.29, 1.82) is 0 Å². The molecule has 0 heterocycles. The van der Waals surface area contributed by atoms with E-state index in [1.54, 1.807) is 7.11 Å². The minimum atomic E-state index is 0.366. The summed E-state index contributed by atoms with van der Waals surface area (Å²) < 4.78 is 5.29. The molecule has 0 aliphatic rings. The van der Waals surface area contributed by atoms with Crippen molar-refractivity contribution in [3.8, 4) is 16.9 Å². The van der Waals surface area contributed by atoms with Gasteiger partial charge in [-0.3, -0.25) is 0 Å². The second kappa shape index (κ2) is 6.34. The van der Waals surface area contributed by atoms with E-state index in [1.165, 1.54) is 23.1 Å². The molecule has 0 bridgehead atoms. The molecular formula is C20H26O. The first-order chi connectivity index (χ1) is 9.89. The lowest BCUT2D eigenvalue weighted by Crippen LogP contribution is -2.09. The Hall–Kier alpha value is -1.76. The predicted octanol–water partition coefficient (Wildman–Crippen LogP) is 5.90. The van der Waals surface area contributed by atoms with Crippen molar-refractivity contribution >= 4 is 0 Å². The highest BCUT2D eigenvalue weighted by molar-refractivity contribution is 5.65. The summed E-state index contributed by atoms with van der Waals surface area (Å²) in [4.78, 5) is 0. The normalized spacial score (nSPS) is 13.0. The summed E-state index contributed by atoms with van der Waals surface area (Å²) in [6.07, 6.45) is 1.20. The monoisotopic (exact) mass is 282 g/mol. The van der Waals surface area contributed by atoms with E-state index in [2.05, 4.69) is 64.1 Å². The molecule has 0 aromatic heterocycles. The molecule has 0 aliphatic heterocycles. The zero-order valence-electron chi connectivity index (χ0n) is 13.8. The van der Waals surface area contributed by atoms with Crippen LogP contribution in [0.3, 0.4) is 0 Å². The number of hydrogen-bond donors (Lipinski definition) is 0. The number of rotatable bonds is 4. The zero-order chi connectivity index (χ0) is 15.5. The second-order valence-corrected chi connectivity index (χ2v) is 7.02. The molecule has 2 aromatic rings. The summed E-state index contributed by atoms with van der Waals surface area (Å²) in [5, 5.41) is 0. The Balaban J connectivity index is 2.18. The Morgan fingerprint density at radius 2 is 1.62 bits per heavy atom. The van der Waals surface area contributed by atoms with Gasteiger partial charge in [0.25, 0.3) is 0 Å². The van der Waals surface area contributed by atoms with Gasteiger partial charge in [0, 0.05) is 0 Å². The van der Waals surface area contributed by atoms with E-state index in [-0.39, 0.29) is 0 Å². The van der Waals surface area contributed by atoms with Crippen molar-refractivity contribution in [2.24, 2.45) is 5.41 Å². The molecule has 0 fully saturated rings. The van der Waals surface area contributed by atoms with Gasteiger partial charge in [0.15, 0.2) is 0 Å². The molecule has 1 unspecified atom stereocenters. The number of benzene rings is 2. The summed E-state index contributed by atoms with van der Waals surface area (Å²) >= 11 is 0. The maximum absolute atomic E-state index is 5.29. The van der Waals surface area contributed by atoms with Crippen LogP contribution in [0.25, 0.3) is 11.1 Å². The molecule has 21 heavy (non-hydrogen) atoms. The van der Waals surface area contributed by atoms with Gasteiger partial charge in [0.05, 0.1) is 7.11 Å². The topological polar surface area (TPSA) is 9.23 Å². The third kappa shape index (κ3) is 4.35. The highest BCUT2D eigenvalue weighted by Crippen LogP contribution is 2.32. The van der Waals surface area contributed by atoms with Crippen molar-refractivity contribution in [2.45, 2.75) is 40.0 Å². The van der Waals surface area contributed by atoms with Crippen molar-refractivity contribution in [1.82, 2.24) is 0 Å². The van der Waals surface area contributed by atoms with Gasteiger partial charge >= 0.3 is 0 Å². The van der Waals surface area contributed by atoms with E-state index in [1.807, 2.05) is 12.1 Å². The molecule has 0 N–H and O–H groups in total. The number of methoxy groups -OCH3 is 1. The van der Waals surface area contributed by atoms with Gasteiger partial charge < -0.3 is 4.74 Å². The molecule has 2 rings (SSSR count). The maximum atomic E-state index is 5.29. The fourth-order valence-corrected chi connectivity index (χ4v) is 2.84. The molecule has 1 heteroatoms. The van der Waals surface area contributed by atoms with Gasteiger partial charge in [-0.15, -0.1) is 0 Å². The second-order valence-electron chi connectivity index (χ2n) is 7.02. The number of hydrogen-bond acceptors (Lipinski definition) is 1. The summed E-state index contributed by atoms with van der Waals surface area (Å²) in [7, 11) is 1.70. The molecule has 0 aliphatic carbocycles. The van der Waals surface area contributed by atoms with Crippen LogP contribution in [0.15, 0.2) is 48.5 Å². The summed E-state index contributed by atoms with van der Waals surface area (Å²) in [6.45, 7) is 9.21. The fourth-order valence-electron chi connectivity index (χ4n) is 2.84. The van der Waals surface area contributed by atoms with Crippen molar-refractivity contribution < 1.29 is 4.74 Å². The third-order valence-corrected chi connectivity index (χ3v) is 3.80. The zero-order valence-corrected chi connectivity index (χ0v) is 13.8. The minimum absolute atomic E-state index is 0.366. The summed E-state index contributed by atoms with van der Waals surface area (Å²) in [5.74, 6) is 1.49. The van der Waals surface area contributed by atoms with Gasteiger partial charge in [-0.25, -0.2) is 0 Å². The largest absolute Gasteiger partial charge is 0.497 e. The van der Waals surface area contributed by atoms with Crippen LogP contribution in [-0.2, 0) is 0 Å². The Morgan fingerprint density at radius 3 is 2.19 bits per heavy atom. The first-order valence-electron chi connectivity index (χ1n) is 7.63. The SMILES string of the molecule is COc1cccc(-c2ccc(C(C)CC(C)(C)C)cc2)c1. The van der Waals surface area contributed by atoms with E-state index in [9.17, 15) is 0 Å². The van der Waals surface area contributed by atoms with Crippen LogP contribution in [-0.4, -0.2) is 7.11 Å². The van der Waals surface area contributed by atoms with Crippen LogP contribution < -0.4 is 4.74 Å². The molecule has 0 saturated heterocycles. The van der Waals surface area contributed by atoms with E-state index in [4.69, 9.17) is 4.74 Å². The Morgan fingerprint density at radius 1 is 0.952 bits per heavy atom. The van der Waals surface area contributed by atoms with E-state index in [0.29, 0.717) is 11.3 Å². The summed E-state index contributed by atoms with van der Waals surface area (Å²) in [6, 6.07) is 17.1. The van der Waals surface area contributed by atoms with Gasteiger partial charge in [0.1, 0.15) is 5.75 Å². The van der Waals surface area contributed by atoms with Crippen LogP contribution in [0.5, 0.6) is 5.75 Å². The van der Waals surface area contributed by atoms with Crippen LogP contribution >= 0.6 is 0 Å². The minimum Gasteiger partial charge on any atom is -0.497 e. The first kappa shape index (κ1) is 15.6. The molecule has 0 radical (unpaired) electrons. The van der Waals surface area contributed by atoms with E-state index < -0.39 is 0 Å². The van der Waals surface area contributed by atoms with Gasteiger partial charge in [-0.2, -0.15) is 0 Å². The number of ether oxygens (including phenoxy) is 1. The highest BCUT2D eigenvalue weighted by atomic mass is 16.5. The van der Waals surface area contributed by atoms with Crippen LogP contribution in [0, 0.1) is 5.41 Å². The van der Waals surface area contributed by atoms with Crippen molar-refractivity contribution in [3.05, 3.63) is 54.1 Å².